The van der Waals surface area contributed by atoms with Crippen molar-refractivity contribution in [3.63, 3.8) is 0 Å². The van der Waals surface area contributed by atoms with E-state index in [0.717, 1.165) is 18.8 Å². The van der Waals surface area contributed by atoms with Crippen LogP contribution >= 0.6 is 11.6 Å². The number of nitrogens with zero attached hydrogens (tertiary/aromatic N) is 2. The molecule has 0 radical (unpaired) electrons. The third kappa shape index (κ3) is 4.20. The minimum atomic E-state index is -0.262. The number of methoxy groups -OCH3 is 1. The molecule has 1 saturated carbocycles. The van der Waals surface area contributed by atoms with Crippen molar-refractivity contribution in [1.29, 1.82) is 0 Å². The van der Waals surface area contributed by atoms with Crippen molar-refractivity contribution in [2.75, 3.05) is 19.0 Å². The molecule has 1 aromatic rings. The van der Waals surface area contributed by atoms with E-state index >= 15 is 0 Å². The summed E-state index contributed by atoms with van der Waals surface area (Å²) in [6.45, 7) is 3.09. The summed E-state index contributed by atoms with van der Waals surface area (Å²) in [5.74, 6) is 0.769. The number of nitrogens with one attached hydrogen (secondary N) is 1. The number of anilines is 1. The van der Waals surface area contributed by atoms with Gasteiger partial charge in [0.25, 0.3) is 5.56 Å². The van der Waals surface area contributed by atoms with Gasteiger partial charge in [-0.25, -0.2) is 4.68 Å². The van der Waals surface area contributed by atoms with Gasteiger partial charge in [-0.15, -0.1) is 0 Å². The van der Waals surface area contributed by atoms with Crippen LogP contribution in [-0.4, -0.2) is 29.5 Å². The molecule has 21 heavy (non-hydrogen) atoms. The maximum Gasteiger partial charge on any atom is 0.287 e. The molecule has 0 aliphatic heterocycles. The minimum Gasteiger partial charge on any atom is -0.383 e. The number of halogens is 1. The van der Waals surface area contributed by atoms with Crippen LogP contribution in [0.2, 0.25) is 5.02 Å². The lowest BCUT2D eigenvalue weighted by Gasteiger charge is -2.29. The molecule has 2 atom stereocenters. The zero-order valence-electron chi connectivity index (χ0n) is 12.8. The number of ether oxygens (including phenoxy) is 1. The molecule has 1 aromatic heterocycles. The van der Waals surface area contributed by atoms with Crippen molar-refractivity contribution in [3.05, 3.63) is 21.6 Å². The van der Waals surface area contributed by atoms with E-state index in [4.69, 9.17) is 16.3 Å². The summed E-state index contributed by atoms with van der Waals surface area (Å²) < 4.78 is 6.30. The summed E-state index contributed by atoms with van der Waals surface area (Å²) in [6.07, 6.45) is 7.66. The zero-order chi connectivity index (χ0) is 15.2. The normalized spacial score (nSPS) is 22.2. The Hall–Kier alpha value is -1.07. The fourth-order valence-corrected chi connectivity index (χ4v) is 3.12. The van der Waals surface area contributed by atoms with Gasteiger partial charge in [0.05, 0.1) is 25.0 Å². The number of hydrogen-bond acceptors (Lipinski definition) is 4. The summed E-state index contributed by atoms with van der Waals surface area (Å²) >= 11 is 6.19. The van der Waals surface area contributed by atoms with E-state index in [1.54, 1.807) is 13.3 Å². The Morgan fingerprint density at radius 2 is 2.33 bits per heavy atom. The first-order valence-electron chi connectivity index (χ1n) is 7.66. The quantitative estimate of drug-likeness (QED) is 0.877. The van der Waals surface area contributed by atoms with E-state index in [-0.39, 0.29) is 10.6 Å². The van der Waals surface area contributed by atoms with E-state index < -0.39 is 0 Å². The van der Waals surface area contributed by atoms with Gasteiger partial charge in [0.1, 0.15) is 5.02 Å². The SMILES string of the molecule is CCC1CCCC(Nc2cnn(CCOC)c(=O)c2Cl)C1. The first kappa shape index (κ1) is 16.3. The average molecular weight is 314 g/mol. The largest absolute Gasteiger partial charge is 0.383 e. The molecule has 5 nitrogen and oxygen atoms in total. The Bertz CT molecular complexity index is 518. The zero-order valence-corrected chi connectivity index (χ0v) is 13.5. The maximum atomic E-state index is 12.1. The van der Waals surface area contributed by atoms with Crippen LogP contribution in [0.15, 0.2) is 11.0 Å². The van der Waals surface area contributed by atoms with Gasteiger partial charge < -0.3 is 10.1 Å². The monoisotopic (exact) mass is 313 g/mol. The smallest absolute Gasteiger partial charge is 0.287 e. The summed E-state index contributed by atoms with van der Waals surface area (Å²) in [5.41, 5.74) is 0.388. The van der Waals surface area contributed by atoms with Crippen molar-refractivity contribution < 1.29 is 4.74 Å². The van der Waals surface area contributed by atoms with Crippen LogP contribution in [0.5, 0.6) is 0 Å². The number of hydrogen-bond donors (Lipinski definition) is 1. The highest BCUT2D eigenvalue weighted by molar-refractivity contribution is 6.32. The van der Waals surface area contributed by atoms with Gasteiger partial charge in [-0.1, -0.05) is 37.8 Å². The summed E-state index contributed by atoms with van der Waals surface area (Å²) in [7, 11) is 1.59. The van der Waals surface area contributed by atoms with Crippen molar-refractivity contribution >= 4 is 17.3 Å². The van der Waals surface area contributed by atoms with Gasteiger partial charge in [-0.05, 0) is 18.8 Å². The van der Waals surface area contributed by atoms with E-state index in [0.29, 0.717) is 24.9 Å². The van der Waals surface area contributed by atoms with Crippen LogP contribution in [0.1, 0.15) is 39.0 Å². The minimum absolute atomic E-state index is 0.222. The molecule has 1 aliphatic rings. The molecule has 118 valence electrons. The van der Waals surface area contributed by atoms with Crippen LogP contribution in [0.4, 0.5) is 5.69 Å². The number of rotatable bonds is 6. The molecule has 1 N–H and O–H groups in total. The van der Waals surface area contributed by atoms with Crippen molar-refractivity contribution in [2.24, 2.45) is 5.92 Å². The summed E-state index contributed by atoms with van der Waals surface area (Å²) in [5, 5.41) is 7.78. The van der Waals surface area contributed by atoms with E-state index in [9.17, 15) is 4.79 Å². The third-order valence-electron chi connectivity index (χ3n) is 4.21. The molecule has 1 fully saturated rings. The second-order valence-corrected chi connectivity index (χ2v) is 6.05. The van der Waals surface area contributed by atoms with Crippen molar-refractivity contribution in [2.45, 2.75) is 51.6 Å². The van der Waals surface area contributed by atoms with Crippen LogP contribution in [0.3, 0.4) is 0 Å². The standard InChI is InChI=1S/C15H24ClN3O2/c1-3-11-5-4-6-12(9-11)18-13-10-17-19(7-8-21-2)15(20)14(13)16/h10-12,18H,3-9H2,1-2H3. The molecule has 0 bridgehead atoms. The van der Waals surface area contributed by atoms with E-state index in [1.807, 2.05) is 0 Å². The van der Waals surface area contributed by atoms with Crippen LogP contribution in [-0.2, 0) is 11.3 Å². The first-order chi connectivity index (χ1) is 10.2. The fraction of sp³-hybridized carbons (Fsp3) is 0.733. The molecule has 0 spiro atoms. The molecule has 2 unspecified atom stereocenters. The van der Waals surface area contributed by atoms with Crippen molar-refractivity contribution in [3.8, 4) is 0 Å². The molecular weight excluding hydrogens is 290 g/mol. The Kier molecular flexibility index (Phi) is 6.06. The highest BCUT2D eigenvalue weighted by Crippen LogP contribution is 2.29. The van der Waals surface area contributed by atoms with Gasteiger partial charge in [0.15, 0.2) is 0 Å². The molecule has 0 saturated heterocycles. The van der Waals surface area contributed by atoms with Crippen LogP contribution in [0.25, 0.3) is 0 Å². The van der Waals surface area contributed by atoms with Crippen LogP contribution < -0.4 is 10.9 Å². The van der Waals surface area contributed by atoms with Gasteiger partial charge in [0.2, 0.25) is 0 Å². The highest BCUT2D eigenvalue weighted by atomic mass is 35.5. The molecule has 6 heteroatoms. The lowest BCUT2D eigenvalue weighted by molar-refractivity contribution is 0.182. The fourth-order valence-electron chi connectivity index (χ4n) is 2.92. The Morgan fingerprint density at radius 3 is 3.05 bits per heavy atom. The summed E-state index contributed by atoms with van der Waals surface area (Å²) in [4.78, 5) is 12.1. The molecular formula is C15H24ClN3O2. The van der Waals surface area contributed by atoms with Gasteiger partial charge >= 0.3 is 0 Å². The second kappa shape index (κ2) is 7.80. The Balaban J connectivity index is 2.06. The third-order valence-corrected chi connectivity index (χ3v) is 4.58. The number of aromatic nitrogens is 2. The molecule has 0 aromatic carbocycles. The topological polar surface area (TPSA) is 56.1 Å². The molecule has 2 rings (SSSR count). The highest BCUT2D eigenvalue weighted by Gasteiger charge is 2.22. The molecule has 0 amide bonds. The lowest BCUT2D eigenvalue weighted by atomic mass is 9.84. The predicted molar refractivity (Wildman–Crippen MR) is 85.0 cm³/mol. The Labute approximate surface area is 130 Å². The Morgan fingerprint density at radius 1 is 1.52 bits per heavy atom. The van der Waals surface area contributed by atoms with Gasteiger partial charge in [-0.3, -0.25) is 4.79 Å². The maximum absolute atomic E-state index is 12.1. The molecule has 1 heterocycles. The van der Waals surface area contributed by atoms with Gasteiger partial charge in [-0.2, -0.15) is 5.10 Å². The van der Waals surface area contributed by atoms with Gasteiger partial charge in [0, 0.05) is 13.2 Å². The summed E-state index contributed by atoms with van der Waals surface area (Å²) in [6, 6.07) is 0.386. The molecule has 1 aliphatic carbocycles. The van der Waals surface area contributed by atoms with E-state index in [1.165, 1.54) is 23.9 Å². The van der Waals surface area contributed by atoms with Crippen molar-refractivity contribution in [1.82, 2.24) is 9.78 Å². The van der Waals surface area contributed by atoms with Crippen LogP contribution in [0, 0.1) is 5.92 Å². The van der Waals surface area contributed by atoms with E-state index in [2.05, 4.69) is 17.3 Å². The average Bonchev–Trinajstić information content (AvgIpc) is 2.51. The first-order valence-corrected chi connectivity index (χ1v) is 8.04. The lowest BCUT2D eigenvalue weighted by Crippen LogP contribution is -2.30. The second-order valence-electron chi connectivity index (χ2n) is 5.68. The predicted octanol–water partition coefficient (Wildman–Crippen LogP) is 2.92.